The predicted octanol–water partition coefficient (Wildman–Crippen LogP) is 4.07. The van der Waals surface area contributed by atoms with E-state index in [2.05, 4.69) is 23.8 Å². The van der Waals surface area contributed by atoms with Crippen molar-refractivity contribution in [3.05, 3.63) is 57.1 Å². The average molecular weight is 364 g/mol. The predicted molar refractivity (Wildman–Crippen MR) is 95.0 cm³/mol. The van der Waals surface area contributed by atoms with Gasteiger partial charge in [-0.1, -0.05) is 43.1 Å². The Bertz CT molecular complexity index is 777. The molecule has 1 amide bonds. The lowest BCUT2D eigenvalue weighted by molar-refractivity contribution is -0.131. The van der Waals surface area contributed by atoms with E-state index in [1.807, 2.05) is 12.3 Å². The van der Waals surface area contributed by atoms with E-state index >= 15 is 0 Å². The summed E-state index contributed by atoms with van der Waals surface area (Å²) >= 11 is 11.9. The van der Waals surface area contributed by atoms with Crippen molar-refractivity contribution in [3.63, 3.8) is 0 Å². The van der Waals surface area contributed by atoms with Gasteiger partial charge in [0.05, 0.1) is 28.7 Å². The number of hydrogen-bond acceptors (Lipinski definition) is 3. The van der Waals surface area contributed by atoms with E-state index in [0.717, 1.165) is 29.1 Å². The van der Waals surface area contributed by atoms with Gasteiger partial charge in [-0.3, -0.25) is 4.79 Å². The summed E-state index contributed by atoms with van der Waals surface area (Å²) in [7, 11) is 0. The molecule has 0 saturated carbocycles. The maximum Gasteiger partial charge on any atom is 0.227 e. The van der Waals surface area contributed by atoms with Gasteiger partial charge in [-0.15, -0.1) is 0 Å². The molecule has 24 heavy (non-hydrogen) atoms. The van der Waals surface area contributed by atoms with Crippen LogP contribution in [0.4, 0.5) is 0 Å². The second-order valence-corrected chi connectivity index (χ2v) is 7.35. The summed E-state index contributed by atoms with van der Waals surface area (Å²) in [5.41, 5.74) is 2.85. The Morgan fingerprint density at radius 1 is 1.25 bits per heavy atom. The Hall–Kier alpha value is -1.65. The molecule has 0 aliphatic carbocycles. The molecule has 126 valence electrons. The minimum atomic E-state index is 0.0526. The van der Waals surface area contributed by atoms with Crippen molar-refractivity contribution in [2.24, 2.45) is 5.92 Å². The number of benzene rings is 1. The second-order valence-electron chi connectivity index (χ2n) is 6.53. The third-order valence-corrected chi connectivity index (χ3v) is 4.73. The van der Waals surface area contributed by atoms with E-state index in [-0.39, 0.29) is 5.91 Å². The first kappa shape index (κ1) is 17.2. The number of aromatic nitrogens is 2. The Morgan fingerprint density at radius 3 is 2.75 bits per heavy atom. The Kier molecular flexibility index (Phi) is 5.07. The van der Waals surface area contributed by atoms with Crippen LogP contribution < -0.4 is 0 Å². The first-order valence-electron chi connectivity index (χ1n) is 7.97. The highest BCUT2D eigenvalue weighted by molar-refractivity contribution is 6.42. The van der Waals surface area contributed by atoms with Crippen LogP contribution in [0.25, 0.3) is 0 Å². The van der Waals surface area contributed by atoms with Crippen molar-refractivity contribution in [2.75, 3.05) is 0 Å². The Balaban J connectivity index is 1.68. The first-order valence-corrected chi connectivity index (χ1v) is 8.73. The number of rotatable bonds is 4. The van der Waals surface area contributed by atoms with Crippen LogP contribution in [-0.2, 0) is 30.7 Å². The number of nitrogens with zero attached hydrogens (tertiary/aromatic N) is 3. The maximum absolute atomic E-state index is 12.5. The summed E-state index contributed by atoms with van der Waals surface area (Å²) in [6.07, 6.45) is 3.01. The lowest BCUT2D eigenvalue weighted by Crippen LogP contribution is -2.27. The molecule has 4 nitrogen and oxygen atoms in total. The Morgan fingerprint density at radius 2 is 2.04 bits per heavy atom. The topological polar surface area (TPSA) is 46.1 Å². The highest BCUT2D eigenvalue weighted by Gasteiger charge is 2.25. The number of hydrogen-bond donors (Lipinski definition) is 0. The Labute approximate surface area is 151 Å². The van der Waals surface area contributed by atoms with Crippen LogP contribution in [0.3, 0.4) is 0 Å². The van der Waals surface area contributed by atoms with Gasteiger partial charge in [0.25, 0.3) is 0 Å². The molecule has 0 bridgehead atoms. The third kappa shape index (κ3) is 3.87. The number of carbonyl (C=O) groups is 1. The number of fused-ring (bicyclic) bond motifs is 1. The van der Waals surface area contributed by atoms with E-state index in [4.69, 9.17) is 23.2 Å². The summed E-state index contributed by atoms with van der Waals surface area (Å²) in [4.78, 5) is 23.4. The zero-order chi connectivity index (χ0) is 17.3. The summed E-state index contributed by atoms with van der Waals surface area (Å²) < 4.78 is 0. The first-order chi connectivity index (χ1) is 11.4. The van der Waals surface area contributed by atoms with Gasteiger partial charge in [0.2, 0.25) is 5.91 Å². The molecule has 3 rings (SSSR count). The van der Waals surface area contributed by atoms with Crippen LogP contribution in [0.2, 0.25) is 10.0 Å². The van der Waals surface area contributed by atoms with E-state index in [1.54, 1.807) is 17.0 Å². The van der Waals surface area contributed by atoms with Gasteiger partial charge >= 0.3 is 0 Å². The number of amides is 1. The van der Waals surface area contributed by atoms with Gasteiger partial charge in [-0.05, 0) is 23.6 Å². The molecule has 1 aromatic carbocycles. The molecule has 2 aromatic rings. The van der Waals surface area contributed by atoms with Crippen LogP contribution in [0.15, 0.2) is 24.4 Å². The SMILES string of the molecule is CC(C)Cc1ncc2c(n1)CN(C(=O)Cc1ccc(Cl)c(Cl)c1)C2. The third-order valence-electron chi connectivity index (χ3n) is 3.99. The molecule has 0 fully saturated rings. The molecular weight excluding hydrogens is 345 g/mol. The summed E-state index contributed by atoms with van der Waals surface area (Å²) in [6.45, 7) is 5.40. The smallest absolute Gasteiger partial charge is 0.227 e. The van der Waals surface area contributed by atoms with Crippen molar-refractivity contribution >= 4 is 29.1 Å². The zero-order valence-corrected chi connectivity index (χ0v) is 15.2. The van der Waals surface area contributed by atoms with E-state index < -0.39 is 0 Å². The second kappa shape index (κ2) is 7.08. The summed E-state index contributed by atoms with van der Waals surface area (Å²) in [5.74, 6) is 1.41. The lowest BCUT2D eigenvalue weighted by Gasteiger charge is -2.15. The van der Waals surface area contributed by atoms with Crippen LogP contribution in [-0.4, -0.2) is 20.8 Å². The zero-order valence-electron chi connectivity index (χ0n) is 13.7. The average Bonchev–Trinajstić information content (AvgIpc) is 2.93. The van der Waals surface area contributed by atoms with Gasteiger partial charge in [0.1, 0.15) is 5.82 Å². The maximum atomic E-state index is 12.5. The minimum Gasteiger partial charge on any atom is -0.332 e. The largest absolute Gasteiger partial charge is 0.332 e. The van der Waals surface area contributed by atoms with Crippen molar-refractivity contribution in [2.45, 2.75) is 39.8 Å². The number of halogens is 2. The standard InChI is InChI=1S/C18H19Cl2N3O/c1-11(2)5-17-21-8-13-9-23(10-16(13)22-17)18(24)7-12-3-4-14(19)15(20)6-12/h3-4,6,8,11H,5,7,9-10H2,1-2H3. The van der Waals surface area contributed by atoms with Crippen LogP contribution in [0, 0.1) is 5.92 Å². The van der Waals surface area contributed by atoms with E-state index in [1.165, 1.54) is 0 Å². The fourth-order valence-corrected chi connectivity index (χ4v) is 3.09. The van der Waals surface area contributed by atoms with E-state index in [9.17, 15) is 4.79 Å². The van der Waals surface area contributed by atoms with Crippen molar-refractivity contribution in [3.8, 4) is 0 Å². The van der Waals surface area contributed by atoms with Gasteiger partial charge in [-0.25, -0.2) is 9.97 Å². The van der Waals surface area contributed by atoms with Crippen LogP contribution in [0.5, 0.6) is 0 Å². The van der Waals surface area contributed by atoms with Crippen LogP contribution >= 0.6 is 23.2 Å². The molecule has 0 unspecified atom stereocenters. The highest BCUT2D eigenvalue weighted by atomic mass is 35.5. The van der Waals surface area contributed by atoms with E-state index in [0.29, 0.717) is 35.5 Å². The fraction of sp³-hybridized carbons (Fsp3) is 0.389. The lowest BCUT2D eigenvalue weighted by atomic mass is 10.1. The molecule has 6 heteroatoms. The molecule has 1 aliphatic rings. The van der Waals surface area contributed by atoms with Crippen molar-refractivity contribution < 1.29 is 4.79 Å². The summed E-state index contributed by atoms with van der Waals surface area (Å²) in [5, 5.41) is 0.963. The fourth-order valence-electron chi connectivity index (χ4n) is 2.77. The van der Waals surface area contributed by atoms with Gasteiger partial charge in [0.15, 0.2) is 0 Å². The monoisotopic (exact) mass is 363 g/mol. The highest BCUT2D eigenvalue weighted by Crippen LogP contribution is 2.25. The molecule has 1 aromatic heterocycles. The van der Waals surface area contributed by atoms with Gasteiger partial charge < -0.3 is 4.90 Å². The quantitative estimate of drug-likeness (QED) is 0.822. The molecule has 0 atom stereocenters. The normalized spacial score (nSPS) is 13.5. The van der Waals surface area contributed by atoms with Crippen LogP contribution in [0.1, 0.15) is 36.5 Å². The molecule has 0 saturated heterocycles. The molecule has 0 radical (unpaired) electrons. The molecule has 2 heterocycles. The molecular formula is C18H19Cl2N3O. The summed E-state index contributed by atoms with van der Waals surface area (Å²) in [6, 6.07) is 5.29. The molecule has 0 N–H and O–H groups in total. The molecule has 1 aliphatic heterocycles. The van der Waals surface area contributed by atoms with Crippen molar-refractivity contribution in [1.29, 1.82) is 0 Å². The van der Waals surface area contributed by atoms with Gasteiger partial charge in [0, 0.05) is 24.7 Å². The van der Waals surface area contributed by atoms with Gasteiger partial charge in [-0.2, -0.15) is 0 Å². The number of carbonyl (C=O) groups excluding carboxylic acids is 1. The van der Waals surface area contributed by atoms with Crippen molar-refractivity contribution in [1.82, 2.24) is 14.9 Å². The molecule has 0 spiro atoms. The minimum absolute atomic E-state index is 0.0526.